The molecule has 0 fully saturated rings. The fourth-order valence-electron chi connectivity index (χ4n) is 3.56. The Kier molecular flexibility index (Phi) is 4.51. The summed E-state index contributed by atoms with van der Waals surface area (Å²) in [5, 5.41) is 0. The monoisotopic (exact) mass is 356 g/mol. The van der Waals surface area contributed by atoms with E-state index in [0.717, 1.165) is 34.9 Å². The molecule has 0 aromatic heterocycles. The molecule has 0 bridgehead atoms. The van der Waals surface area contributed by atoms with E-state index in [0.29, 0.717) is 0 Å². The predicted octanol–water partition coefficient (Wildman–Crippen LogP) is 5.38. The maximum absolute atomic E-state index is 11.6. The second kappa shape index (κ2) is 7.12. The van der Waals surface area contributed by atoms with Gasteiger partial charge in [0.1, 0.15) is 5.75 Å². The number of carbonyl (C=O) groups is 1. The largest absolute Gasteiger partial charge is 0.454 e. The summed E-state index contributed by atoms with van der Waals surface area (Å²) in [4.78, 5) is 11.6. The van der Waals surface area contributed by atoms with Crippen molar-refractivity contribution in [1.29, 1.82) is 0 Å². The molecule has 1 unspecified atom stereocenters. The van der Waals surface area contributed by atoms with Gasteiger partial charge >= 0.3 is 5.97 Å². The number of hydrogen-bond donors (Lipinski definition) is 0. The van der Waals surface area contributed by atoms with Gasteiger partial charge in [-0.05, 0) is 22.3 Å². The third-order valence-electron chi connectivity index (χ3n) is 4.75. The van der Waals surface area contributed by atoms with Crippen molar-refractivity contribution in [1.82, 2.24) is 0 Å². The minimum absolute atomic E-state index is 0.500. The third kappa shape index (κ3) is 3.24. The number of carbonyl (C=O) groups excluding carboxylic acids is 1. The average Bonchev–Trinajstić information content (AvgIpc) is 3.08. The number of esters is 1. The Morgan fingerprint density at radius 3 is 2.44 bits per heavy atom. The van der Waals surface area contributed by atoms with Crippen LogP contribution >= 0.6 is 0 Å². The van der Waals surface area contributed by atoms with Crippen LogP contribution in [0.25, 0.3) is 22.3 Å². The Hall–Kier alpha value is -3.33. The lowest BCUT2D eigenvalue weighted by molar-refractivity contribution is -0.154. The first kappa shape index (κ1) is 17.1. The zero-order valence-corrected chi connectivity index (χ0v) is 15.1. The molecule has 3 aromatic rings. The summed E-state index contributed by atoms with van der Waals surface area (Å²) >= 11 is 0. The molecule has 1 aliphatic carbocycles. The van der Waals surface area contributed by atoms with Gasteiger partial charge in [-0.3, -0.25) is 0 Å². The molecule has 0 aliphatic heterocycles. The third-order valence-corrected chi connectivity index (χ3v) is 4.75. The van der Waals surface area contributed by atoms with Crippen molar-refractivity contribution in [2.24, 2.45) is 0 Å². The van der Waals surface area contributed by atoms with E-state index in [1.54, 1.807) is 6.92 Å². The SMILES string of the molecule is C=CC(=O)OC(C)Oc1c(-c2ccccc2)ccc2c1Cc1ccccc1-2. The number of fused-ring (bicyclic) bond motifs is 3. The molecule has 0 radical (unpaired) electrons. The minimum atomic E-state index is -0.715. The molecule has 0 heterocycles. The molecular weight excluding hydrogens is 336 g/mol. The van der Waals surface area contributed by atoms with Crippen LogP contribution in [0.5, 0.6) is 5.75 Å². The van der Waals surface area contributed by atoms with Crippen LogP contribution in [0.1, 0.15) is 18.1 Å². The Bertz CT molecular complexity index is 1010. The normalized spacial score (nSPS) is 12.6. The first-order chi connectivity index (χ1) is 13.2. The van der Waals surface area contributed by atoms with E-state index in [-0.39, 0.29) is 0 Å². The van der Waals surface area contributed by atoms with E-state index in [1.807, 2.05) is 24.3 Å². The maximum atomic E-state index is 11.6. The standard InChI is InChI=1S/C24H20O3/c1-3-23(25)26-16(2)27-24-20(17-9-5-4-6-10-17)13-14-21-19-12-8-7-11-18(19)15-22(21)24/h3-14,16H,1,15H2,2H3. The van der Waals surface area contributed by atoms with Crippen molar-refractivity contribution in [2.75, 3.05) is 0 Å². The van der Waals surface area contributed by atoms with E-state index in [1.165, 1.54) is 16.7 Å². The molecule has 4 rings (SSSR count). The number of ether oxygens (including phenoxy) is 2. The summed E-state index contributed by atoms with van der Waals surface area (Å²) in [7, 11) is 0. The molecule has 1 aliphatic rings. The molecule has 3 aromatic carbocycles. The van der Waals surface area contributed by atoms with E-state index >= 15 is 0 Å². The van der Waals surface area contributed by atoms with Gasteiger partial charge in [0.25, 0.3) is 0 Å². The predicted molar refractivity (Wildman–Crippen MR) is 106 cm³/mol. The van der Waals surface area contributed by atoms with Gasteiger partial charge in [0.05, 0.1) is 0 Å². The molecule has 3 nitrogen and oxygen atoms in total. The lowest BCUT2D eigenvalue weighted by atomic mass is 9.97. The van der Waals surface area contributed by atoms with Crippen molar-refractivity contribution in [3.63, 3.8) is 0 Å². The van der Waals surface area contributed by atoms with Crippen LogP contribution in [0.2, 0.25) is 0 Å². The average molecular weight is 356 g/mol. The van der Waals surface area contributed by atoms with E-state index < -0.39 is 12.3 Å². The van der Waals surface area contributed by atoms with Gasteiger partial charge in [-0.2, -0.15) is 0 Å². The summed E-state index contributed by atoms with van der Waals surface area (Å²) in [6.45, 7) is 5.16. The van der Waals surface area contributed by atoms with Crippen LogP contribution < -0.4 is 4.74 Å². The van der Waals surface area contributed by atoms with E-state index in [2.05, 4.69) is 49.0 Å². The lowest BCUT2D eigenvalue weighted by Crippen LogP contribution is -2.20. The molecule has 3 heteroatoms. The lowest BCUT2D eigenvalue weighted by Gasteiger charge is -2.20. The summed E-state index contributed by atoms with van der Waals surface area (Å²) in [5.41, 5.74) is 6.85. The molecule has 0 saturated carbocycles. The number of benzene rings is 3. The summed E-state index contributed by atoms with van der Waals surface area (Å²) in [6, 6.07) is 22.7. The van der Waals surface area contributed by atoms with Crippen LogP contribution in [0.3, 0.4) is 0 Å². The fourth-order valence-corrected chi connectivity index (χ4v) is 3.56. The van der Waals surface area contributed by atoms with Crippen LogP contribution in [-0.4, -0.2) is 12.3 Å². The number of hydrogen-bond acceptors (Lipinski definition) is 3. The summed E-state index contributed by atoms with van der Waals surface area (Å²) in [6.07, 6.45) is 1.22. The first-order valence-corrected chi connectivity index (χ1v) is 8.96. The van der Waals surface area contributed by atoms with E-state index in [9.17, 15) is 4.79 Å². The van der Waals surface area contributed by atoms with Crippen LogP contribution in [0.15, 0.2) is 79.4 Å². The van der Waals surface area contributed by atoms with Gasteiger partial charge in [0.15, 0.2) is 0 Å². The highest BCUT2D eigenvalue weighted by Crippen LogP contribution is 2.45. The zero-order chi connectivity index (χ0) is 18.8. The van der Waals surface area contributed by atoms with Crippen LogP contribution in [0.4, 0.5) is 0 Å². The maximum Gasteiger partial charge on any atom is 0.333 e. The highest BCUT2D eigenvalue weighted by Gasteiger charge is 2.25. The zero-order valence-electron chi connectivity index (χ0n) is 15.1. The van der Waals surface area contributed by atoms with Crippen molar-refractivity contribution in [2.45, 2.75) is 19.6 Å². The minimum Gasteiger partial charge on any atom is -0.454 e. The summed E-state index contributed by atoms with van der Waals surface area (Å²) in [5.74, 6) is 0.263. The molecular formula is C24H20O3. The van der Waals surface area contributed by atoms with Gasteiger partial charge < -0.3 is 9.47 Å². The van der Waals surface area contributed by atoms with Crippen molar-refractivity contribution in [3.8, 4) is 28.0 Å². The number of rotatable bonds is 5. The van der Waals surface area contributed by atoms with Gasteiger partial charge in [-0.25, -0.2) is 4.79 Å². The Morgan fingerprint density at radius 1 is 0.963 bits per heavy atom. The van der Waals surface area contributed by atoms with Crippen molar-refractivity contribution >= 4 is 5.97 Å². The molecule has 27 heavy (non-hydrogen) atoms. The highest BCUT2D eigenvalue weighted by molar-refractivity contribution is 5.85. The first-order valence-electron chi connectivity index (χ1n) is 8.96. The van der Waals surface area contributed by atoms with Gasteiger partial charge in [0, 0.05) is 30.5 Å². The van der Waals surface area contributed by atoms with Gasteiger partial charge in [-0.1, -0.05) is 73.3 Å². The molecule has 0 amide bonds. The van der Waals surface area contributed by atoms with E-state index in [4.69, 9.17) is 9.47 Å². The van der Waals surface area contributed by atoms with Crippen LogP contribution in [0, 0.1) is 0 Å². The quantitative estimate of drug-likeness (QED) is 0.274. The van der Waals surface area contributed by atoms with Gasteiger partial charge in [-0.15, -0.1) is 0 Å². The fraction of sp³-hybridized carbons (Fsp3) is 0.125. The van der Waals surface area contributed by atoms with Crippen molar-refractivity contribution in [3.05, 3.63) is 90.5 Å². The Morgan fingerprint density at radius 2 is 1.67 bits per heavy atom. The molecule has 1 atom stereocenters. The topological polar surface area (TPSA) is 35.5 Å². The Balaban J connectivity index is 1.81. The molecule has 0 saturated heterocycles. The van der Waals surface area contributed by atoms with Crippen molar-refractivity contribution < 1.29 is 14.3 Å². The summed E-state index contributed by atoms with van der Waals surface area (Å²) < 4.78 is 11.4. The van der Waals surface area contributed by atoms with Crippen LogP contribution in [-0.2, 0) is 16.0 Å². The molecule has 0 spiro atoms. The van der Waals surface area contributed by atoms with Gasteiger partial charge in [0.2, 0.25) is 6.29 Å². The smallest absolute Gasteiger partial charge is 0.333 e. The second-order valence-electron chi connectivity index (χ2n) is 6.49. The molecule has 134 valence electrons. The second-order valence-corrected chi connectivity index (χ2v) is 6.49. The molecule has 0 N–H and O–H groups in total. The highest BCUT2D eigenvalue weighted by atomic mass is 16.7. The Labute approximate surface area is 158 Å².